The van der Waals surface area contributed by atoms with Gasteiger partial charge < -0.3 is 19.3 Å². The minimum Gasteiger partial charge on any atom is -0.490 e. The van der Waals surface area contributed by atoms with Crippen molar-refractivity contribution in [2.45, 2.75) is 38.3 Å². The molecule has 0 aromatic heterocycles. The molecule has 180 valence electrons. The molecule has 0 aliphatic rings. The van der Waals surface area contributed by atoms with Gasteiger partial charge in [-0.2, -0.15) is 4.91 Å². The standard InChI is InChI=1S/C23H26Cl3NO6/c1-14(29)33-19(11-28)13-31-18-6-4-15(5-7-18)23(2,3)16-8-20(25)22(21(26)9-16)32-12-17(10-24)27-30/h4-9,17,19,28H,10-13H2,1-3H3/t17-,19+/m1/s1. The number of benzene rings is 2. The summed E-state index contributed by atoms with van der Waals surface area (Å²) in [6.07, 6.45) is -0.731. The average Bonchev–Trinajstić information content (AvgIpc) is 2.78. The van der Waals surface area contributed by atoms with Gasteiger partial charge >= 0.3 is 5.97 Å². The molecule has 1 N–H and O–H groups in total. The third kappa shape index (κ3) is 7.47. The van der Waals surface area contributed by atoms with E-state index in [9.17, 15) is 14.8 Å². The Morgan fingerprint density at radius 3 is 2.15 bits per heavy atom. The Morgan fingerprint density at radius 1 is 1.06 bits per heavy atom. The smallest absolute Gasteiger partial charge is 0.303 e. The molecule has 0 radical (unpaired) electrons. The Balaban J connectivity index is 2.15. The fourth-order valence-corrected chi connectivity index (χ4v) is 3.77. The van der Waals surface area contributed by atoms with Gasteiger partial charge in [0.1, 0.15) is 25.0 Å². The largest absolute Gasteiger partial charge is 0.490 e. The highest BCUT2D eigenvalue weighted by molar-refractivity contribution is 6.37. The predicted octanol–water partition coefficient (Wildman–Crippen LogP) is 5.37. The molecule has 0 aliphatic heterocycles. The highest BCUT2D eigenvalue weighted by Crippen LogP contribution is 2.40. The zero-order valence-electron chi connectivity index (χ0n) is 18.5. The quantitative estimate of drug-likeness (QED) is 0.230. The van der Waals surface area contributed by atoms with Crippen LogP contribution in [0.2, 0.25) is 10.0 Å². The summed E-state index contributed by atoms with van der Waals surface area (Å²) in [4.78, 5) is 21.7. The lowest BCUT2D eigenvalue weighted by Crippen LogP contribution is -2.27. The zero-order valence-corrected chi connectivity index (χ0v) is 20.8. The number of alkyl halides is 1. The molecule has 0 aliphatic carbocycles. The highest BCUT2D eigenvalue weighted by atomic mass is 35.5. The predicted molar refractivity (Wildman–Crippen MR) is 129 cm³/mol. The molecule has 2 rings (SSSR count). The summed E-state index contributed by atoms with van der Waals surface area (Å²) < 4.78 is 16.1. The summed E-state index contributed by atoms with van der Waals surface area (Å²) >= 11 is 18.5. The normalized spacial score (nSPS) is 13.2. The van der Waals surface area contributed by atoms with Gasteiger partial charge in [-0.1, -0.05) is 54.4 Å². The van der Waals surface area contributed by atoms with Gasteiger partial charge in [0, 0.05) is 12.3 Å². The lowest BCUT2D eigenvalue weighted by Gasteiger charge is -2.27. The minimum absolute atomic E-state index is 0.0226. The van der Waals surface area contributed by atoms with E-state index in [-0.39, 0.29) is 31.5 Å². The van der Waals surface area contributed by atoms with Gasteiger partial charge in [0.2, 0.25) is 0 Å². The SMILES string of the molecule is CC(=O)O[C@@H](CO)COc1ccc(C(C)(C)c2cc(Cl)c(OC[C@@H](CCl)N=O)c(Cl)c2)cc1. The van der Waals surface area contributed by atoms with Crippen LogP contribution in [0.4, 0.5) is 0 Å². The van der Waals surface area contributed by atoms with Crippen molar-refractivity contribution in [2.24, 2.45) is 5.18 Å². The van der Waals surface area contributed by atoms with Crippen LogP contribution in [0.25, 0.3) is 0 Å². The van der Waals surface area contributed by atoms with Gasteiger partial charge in [0.05, 0.1) is 22.5 Å². The molecule has 0 fully saturated rings. The fourth-order valence-electron chi connectivity index (χ4n) is 3.02. The first kappa shape index (κ1) is 27.2. The van der Waals surface area contributed by atoms with Crippen molar-refractivity contribution >= 4 is 40.8 Å². The number of hydrogen-bond donors (Lipinski definition) is 1. The molecule has 10 heteroatoms. The molecule has 33 heavy (non-hydrogen) atoms. The second kappa shape index (κ2) is 12.4. The van der Waals surface area contributed by atoms with Crippen LogP contribution in [0.5, 0.6) is 11.5 Å². The van der Waals surface area contributed by atoms with Crippen LogP contribution in [0, 0.1) is 4.91 Å². The van der Waals surface area contributed by atoms with Gasteiger partial charge in [-0.05, 0) is 35.4 Å². The van der Waals surface area contributed by atoms with E-state index < -0.39 is 23.5 Å². The lowest BCUT2D eigenvalue weighted by atomic mass is 9.78. The van der Waals surface area contributed by atoms with Crippen molar-refractivity contribution in [3.63, 3.8) is 0 Å². The van der Waals surface area contributed by atoms with Gasteiger partial charge in [0.15, 0.2) is 11.9 Å². The first-order valence-electron chi connectivity index (χ1n) is 10.1. The maximum absolute atomic E-state index is 11.0. The van der Waals surface area contributed by atoms with E-state index in [0.29, 0.717) is 15.8 Å². The molecule has 2 aromatic carbocycles. The van der Waals surface area contributed by atoms with Crippen LogP contribution in [-0.2, 0) is 14.9 Å². The summed E-state index contributed by atoms with van der Waals surface area (Å²) in [6.45, 7) is 5.00. The molecule has 0 spiro atoms. The second-order valence-corrected chi connectivity index (χ2v) is 8.99. The van der Waals surface area contributed by atoms with E-state index in [4.69, 9.17) is 49.0 Å². The molecule has 7 nitrogen and oxygen atoms in total. The number of nitroso groups, excluding NO2 is 1. The summed E-state index contributed by atoms with van der Waals surface area (Å²) in [5, 5.41) is 12.8. The Bertz CT molecular complexity index is 929. The van der Waals surface area contributed by atoms with Crippen LogP contribution in [0.3, 0.4) is 0 Å². The third-order valence-electron chi connectivity index (χ3n) is 5.02. The van der Waals surface area contributed by atoms with Crippen molar-refractivity contribution in [2.75, 3.05) is 25.7 Å². The van der Waals surface area contributed by atoms with E-state index in [1.165, 1.54) is 6.92 Å². The Kier molecular flexibility index (Phi) is 10.2. The van der Waals surface area contributed by atoms with E-state index in [1.807, 2.05) is 26.0 Å². The number of esters is 1. The first-order valence-corrected chi connectivity index (χ1v) is 11.4. The molecule has 0 amide bonds. The maximum atomic E-state index is 11.0. The molecule has 2 aromatic rings. The van der Waals surface area contributed by atoms with E-state index in [2.05, 4.69) is 5.18 Å². The fraction of sp³-hybridized carbons (Fsp3) is 0.435. The number of ether oxygens (including phenoxy) is 3. The van der Waals surface area contributed by atoms with Gasteiger partial charge in [-0.3, -0.25) is 4.79 Å². The maximum Gasteiger partial charge on any atom is 0.303 e. The number of rotatable bonds is 12. The summed E-state index contributed by atoms with van der Waals surface area (Å²) in [5.41, 5.74) is 1.37. The van der Waals surface area contributed by atoms with Crippen LogP contribution in [-0.4, -0.2) is 48.9 Å². The van der Waals surface area contributed by atoms with Crippen molar-refractivity contribution in [1.82, 2.24) is 0 Å². The zero-order chi connectivity index (χ0) is 24.6. The summed E-state index contributed by atoms with van der Waals surface area (Å²) in [5.74, 6) is 0.389. The molecule has 0 heterocycles. The Morgan fingerprint density at radius 2 is 1.67 bits per heavy atom. The van der Waals surface area contributed by atoms with Crippen LogP contribution in [0.1, 0.15) is 31.9 Å². The number of carbonyl (C=O) groups is 1. The number of carbonyl (C=O) groups excluding carboxylic acids is 1. The van der Waals surface area contributed by atoms with Crippen LogP contribution >= 0.6 is 34.8 Å². The molecular formula is C23H26Cl3NO6. The van der Waals surface area contributed by atoms with Crippen LogP contribution in [0.15, 0.2) is 41.6 Å². The highest BCUT2D eigenvalue weighted by Gasteiger charge is 2.26. The number of nitrogens with zero attached hydrogens (tertiary/aromatic N) is 1. The van der Waals surface area contributed by atoms with Crippen molar-refractivity contribution in [3.05, 3.63) is 62.5 Å². The average molecular weight is 519 g/mol. The van der Waals surface area contributed by atoms with Crippen LogP contribution < -0.4 is 9.47 Å². The first-order chi connectivity index (χ1) is 15.6. The minimum atomic E-state index is -0.731. The van der Waals surface area contributed by atoms with E-state index >= 15 is 0 Å². The third-order valence-corrected chi connectivity index (χ3v) is 5.93. The topological polar surface area (TPSA) is 94.4 Å². The number of aliphatic hydroxyl groups excluding tert-OH is 1. The number of halogens is 3. The molecule has 0 saturated carbocycles. The van der Waals surface area contributed by atoms with E-state index in [1.54, 1.807) is 24.3 Å². The Hall–Kier alpha value is -2.06. The van der Waals surface area contributed by atoms with Gasteiger partial charge in [0.25, 0.3) is 0 Å². The number of hydrogen-bond acceptors (Lipinski definition) is 7. The summed E-state index contributed by atoms with van der Waals surface area (Å²) in [7, 11) is 0. The van der Waals surface area contributed by atoms with Gasteiger partial charge in [-0.15, -0.1) is 11.6 Å². The molecule has 0 bridgehead atoms. The molecule has 2 atom stereocenters. The monoisotopic (exact) mass is 517 g/mol. The molecule has 0 saturated heterocycles. The lowest BCUT2D eigenvalue weighted by molar-refractivity contribution is -0.150. The number of aliphatic hydroxyl groups is 1. The van der Waals surface area contributed by atoms with Crippen molar-refractivity contribution in [1.29, 1.82) is 0 Å². The van der Waals surface area contributed by atoms with Crippen molar-refractivity contribution in [3.8, 4) is 11.5 Å². The van der Waals surface area contributed by atoms with Gasteiger partial charge in [-0.25, -0.2) is 0 Å². The Labute approximate surface area is 207 Å². The summed E-state index contributed by atoms with van der Waals surface area (Å²) in [6, 6.07) is 10.2. The molecule has 0 unspecified atom stereocenters. The van der Waals surface area contributed by atoms with E-state index in [0.717, 1.165) is 11.1 Å². The molecular weight excluding hydrogens is 493 g/mol. The van der Waals surface area contributed by atoms with Crippen molar-refractivity contribution < 1.29 is 24.1 Å². The second-order valence-electron chi connectivity index (χ2n) is 7.87.